The number of likely N-dealkylation sites (tertiary alicyclic amines) is 1. The van der Waals surface area contributed by atoms with Gasteiger partial charge in [0.25, 0.3) is 0 Å². The molecule has 3 rings (SSSR count). The quantitative estimate of drug-likeness (QED) is 0.484. The molecule has 0 unspecified atom stereocenters. The molecule has 3 N–H and O–H groups in total. The fourth-order valence-electron chi connectivity index (χ4n) is 3.89. The topological polar surface area (TPSA) is 73.5 Å². The van der Waals surface area contributed by atoms with Gasteiger partial charge in [0.1, 0.15) is 28.7 Å². The minimum absolute atomic E-state index is 0.0252. The zero-order valence-corrected chi connectivity index (χ0v) is 16.6. The first-order chi connectivity index (χ1) is 14.0. The molecule has 0 aromatic heterocycles. The van der Waals surface area contributed by atoms with Crippen LogP contribution in [0.3, 0.4) is 0 Å². The molecule has 2 heterocycles. The Bertz CT molecular complexity index is 838. The molecule has 3 amide bonds. The van der Waals surface area contributed by atoms with Gasteiger partial charge in [-0.1, -0.05) is 17.7 Å². The number of halogens is 6. The number of piperidine rings is 1. The SMILES string of the molecule is CN1CC[C@@H]([C@H](NC(=O)[C@@H]2CNC(=O)N2)c2ccc(F)c(Cl)c2F)C[C@@H]1C(F)(F)F. The van der Waals surface area contributed by atoms with Crippen LogP contribution in [0.5, 0.6) is 0 Å². The molecule has 1 aromatic rings. The van der Waals surface area contributed by atoms with Crippen molar-refractivity contribution in [3.63, 3.8) is 0 Å². The van der Waals surface area contributed by atoms with Crippen LogP contribution in [0.4, 0.5) is 26.7 Å². The van der Waals surface area contributed by atoms with Gasteiger partial charge in [-0.2, -0.15) is 13.2 Å². The first-order valence-electron chi connectivity index (χ1n) is 9.24. The van der Waals surface area contributed by atoms with Gasteiger partial charge in [0.05, 0.1) is 6.04 Å². The second-order valence-electron chi connectivity index (χ2n) is 7.48. The summed E-state index contributed by atoms with van der Waals surface area (Å²) in [5.74, 6) is -3.65. The standard InChI is InChI=1S/C18H20ClF5N4O2/c1-28-5-4-8(6-12(28)18(22,23)24)15(9-2-3-10(20)13(19)14(9)21)27-16(29)11-7-25-17(30)26-11/h2-3,8,11-12,15H,4-7H2,1H3,(H,27,29)(H2,25,26,30)/t8-,11+,12-,15+/m1/s1. The number of nitrogens with one attached hydrogen (secondary N) is 3. The fourth-order valence-corrected chi connectivity index (χ4v) is 4.07. The Morgan fingerprint density at radius 1 is 1.33 bits per heavy atom. The van der Waals surface area contributed by atoms with Crippen molar-refractivity contribution in [3.8, 4) is 0 Å². The summed E-state index contributed by atoms with van der Waals surface area (Å²) in [6.45, 7) is 0.0438. The smallest absolute Gasteiger partial charge is 0.347 e. The summed E-state index contributed by atoms with van der Waals surface area (Å²) < 4.78 is 68.7. The van der Waals surface area contributed by atoms with E-state index in [2.05, 4.69) is 16.0 Å². The predicted molar refractivity (Wildman–Crippen MR) is 97.8 cm³/mol. The summed E-state index contributed by atoms with van der Waals surface area (Å²) >= 11 is 5.66. The molecule has 2 aliphatic heterocycles. The lowest BCUT2D eigenvalue weighted by Crippen LogP contribution is -2.52. The molecule has 6 nitrogen and oxygen atoms in total. The van der Waals surface area contributed by atoms with Crippen LogP contribution in [0.2, 0.25) is 5.02 Å². The number of carbonyl (C=O) groups is 2. The number of hydrogen-bond acceptors (Lipinski definition) is 3. The van der Waals surface area contributed by atoms with Crippen molar-refractivity contribution in [2.45, 2.75) is 37.1 Å². The molecule has 2 saturated heterocycles. The molecule has 0 aliphatic carbocycles. The minimum Gasteiger partial charge on any atom is -0.347 e. The molecule has 0 radical (unpaired) electrons. The molecule has 0 bridgehead atoms. The van der Waals surface area contributed by atoms with Crippen LogP contribution in [0.15, 0.2) is 12.1 Å². The van der Waals surface area contributed by atoms with Gasteiger partial charge in [-0.3, -0.25) is 9.69 Å². The zero-order chi connectivity index (χ0) is 22.2. The van der Waals surface area contributed by atoms with Crippen molar-refractivity contribution in [2.75, 3.05) is 20.1 Å². The molecule has 4 atom stereocenters. The average molecular weight is 455 g/mol. The van der Waals surface area contributed by atoms with E-state index in [-0.39, 0.29) is 25.1 Å². The van der Waals surface area contributed by atoms with E-state index in [9.17, 15) is 31.5 Å². The third-order valence-corrected chi connectivity index (χ3v) is 5.89. The van der Waals surface area contributed by atoms with Crippen LogP contribution in [0, 0.1) is 17.6 Å². The van der Waals surface area contributed by atoms with Crippen LogP contribution < -0.4 is 16.0 Å². The lowest BCUT2D eigenvalue weighted by atomic mass is 9.81. The van der Waals surface area contributed by atoms with Crippen LogP contribution >= 0.6 is 11.6 Å². The Hall–Kier alpha value is -2.14. The summed E-state index contributed by atoms with van der Waals surface area (Å²) in [5, 5.41) is 6.49. The van der Waals surface area contributed by atoms with Crippen LogP contribution in [-0.4, -0.2) is 55.2 Å². The molecule has 166 valence electrons. The summed E-state index contributed by atoms with van der Waals surface area (Å²) in [6.07, 6.45) is -4.67. The van der Waals surface area contributed by atoms with Gasteiger partial charge in [-0.25, -0.2) is 13.6 Å². The maximum Gasteiger partial charge on any atom is 0.404 e. The highest BCUT2D eigenvalue weighted by atomic mass is 35.5. The summed E-state index contributed by atoms with van der Waals surface area (Å²) in [5.41, 5.74) is -0.206. The van der Waals surface area contributed by atoms with Crippen LogP contribution in [0.1, 0.15) is 24.4 Å². The van der Waals surface area contributed by atoms with Crippen molar-refractivity contribution in [1.29, 1.82) is 0 Å². The van der Waals surface area contributed by atoms with Gasteiger partial charge in [0.15, 0.2) is 0 Å². The molecular formula is C18H20ClF5N4O2. The highest BCUT2D eigenvalue weighted by Gasteiger charge is 2.47. The monoisotopic (exact) mass is 454 g/mol. The number of benzene rings is 1. The summed E-state index contributed by atoms with van der Waals surface area (Å²) in [4.78, 5) is 25.0. The minimum atomic E-state index is -4.51. The Kier molecular flexibility index (Phi) is 6.42. The molecule has 1 aromatic carbocycles. The first kappa shape index (κ1) is 22.5. The van der Waals surface area contributed by atoms with Crippen molar-refractivity contribution < 1.29 is 31.5 Å². The van der Waals surface area contributed by atoms with Gasteiger partial charge in [-0.05, 0) is 38.4 Å². The summed E-state index contributed by atoms with van der Waals surface area (Å²) in [7, 11) is 1.34. The fraction of sp³-hybridized carbons (Fsp3) is 0.556. The zero-order valence-electron chi connectivity index (χ0n) is 15.8. The van der Waals surface area contributed by atoms with Crippen LogP contribution in [0.25, 0.3) is 0 Å². The van der Waals surface area contributed by atoms with Crippen molar-refractivity contribution in [3.05, 3.63) is 34.4 Å². The van der Waals surface area contributed by atoms with E-state index in [1.54, 1.807) is 0 Å². The lowest BCUT2D eigenvalue weighted by Gasteiger charge is -2.41. The number of urea groups is 1. The number of rotatable bonds is 4. The second kappa shape index (κ2) is 8.54. The Labute approximate surface area is 174 Å². The van der Waals surface area contributed by atoms with Gasteiger partial charge in [0, 0.05) is 12.1 Å². The van der Waals surface area contributed by atoms with Gasteiger partial charge < -0.3 is 16.0 Å². The highest BCUT2D eigenvalue weighted by molar-refractivity contribution is 6.31. The van der Waals surface area contributed by atoms with Crippen molar-refractivity contribution in [2.24, 2.45) is 5.92 Å². The van der Waals surface area contributed by atoms with E-state index in [0.717, 1.165) is 17.0 Å². The van der Waals surface area contributed by atoms with E-state index < -0.39 is 65.2 Å². The molecular weight excluding hydrogens is 435 g/mol. The Morgan fingerprint density at radius 2 is 2.03 bits per heavy atom. The maximum absolute atomic E-state index is 14.7. The van der Waals surface area contributed by atoms with Crippen molar-refractivity contribution >= 4 is 23.5 Å². The molecule has 2 aliphatic rings. The maximum atomic E-state index is 14.7. The Balaban J connectivity index is 1.92. The second-order valence-corrected chi connectivity index (χ2v) is 7.86. The number of nitrogens with zero attached hydrogens (tertiary/aromatic N) is 1. The number of amides is 3. The predicted octanol–water partition coefficient (Wildman–Crippen LogP) is 2.73. The molecule has 0 spiro atoms. The van der Waals surface area contributed by atoms with Crippen LogP contribution in [-0.2, 0) is 4.79 Å². The molecule has 2 fully saturated rings. The Morgan fingerprint density at radius 3 is 2.63 bits per heavy atom. The van der Waals surface area contributed by atoms with E-state index in [1.807, 2.05) is 0 Å². The highest BCUT2D eigenvalue weighted by Crippen LogP contribution is 2.40. The van der Waals surface area contributed by atoms with E-state index >= 15 is 0 Å². The normalized spacial score (nSPS) is 26.1. The lowest BCUT2D eigenvalue weighted by molar-refractivity contribution is -0.192. The summed E-state index contributed by atoms with van der Waals surface area (Å²) in [6, 6.07) is -2.54. The first-order valence-corrected chi connectivity index (χ1v) is 9.62. The van der Waals surface area contributed by atoms with E-state index in [0.29, 0.717) is 0 Å². The third-order valence-electron chi connectivity index (χ3n) is 5.55. The van der Waals surface area contributed by atoms with E-state index in [4.69, 9.17) is 11.6 Å². The van der Waals surface area contributed by atoms with Crippen molar-refractivity contribution in [1.82, 2.24) is 20.9 Å². The third kappa shape index (κ3) is 4.61. The molecule has 0 saturated carbocycles. The number of hydrogen-bond donors (Lipinski definition) is 3. The van der Waals surface area contributed by atoms with E-state index in [1.165, 1.54) is 7.05 Å². The van der Waals surface area contributed by atoms with Gasteiger partial charge in [0.2, 0.25) is 5.91 Å². The largest absolute Gasteiger partial charge is 0.404 e. The van der Waals surface area contributed by atoms with Gasteiger partial charge in [-0.15, -0.1) is 0 Å². The molecule has 30 heavy (non-hydrogen) atoms. The molecule has 12 heteroatoms. The average Bonchev–Trinajstić information content (AvgIpc) is 3.11. The number of alkyl halides is 3. The van der Waals surface area contributed by atoms with Gasteiger partial charge >= 0.3 is 12.2 Å². The number of carbonyl (C=O) groups excluding carboxylic acids is 2.